The van der Waals surface area contributed by atoms with E-state index in [1.54, 1.807) is 0 Å². The SMILES string of the molecule is CCCC=CCOC(=O)CCCCCC. The van der Waals surface area contributed by atoms with Gasteiger partial charge in [-0.15, -0.1) is 0 Å². The minimum atomic E-state index is -0.0627. The maximum Gasteiger partial charge on any atom is 0.306 e. The van der Waals surface area contributed by atoms with E-state index in [4.69, 9.17) is 4.74 Å². The van der Waals surface area contributed by atoms with Crippen LogP contribution in [-0.2, 0) is 9.53 Å². The quantitative estimate of drug-likeness (QED) is 0.329. The highest BCUT2D eigenvalue weighted by molar-refractivity contribution is 5.69. The summed E-state index contributed by atoms with van der Waals surface area (Å²) < 4.78 is 5.04. The van der Waals surface area contributed by atoms with Gasteiger partial charge in [0.2, 0.25) is 0 Å². The van der Waals surface area contributed by atoms with Gasteiger partial charge in [0.05, 0.1) is 0 Å². The zero-order valence-electron chi connectivity index (χ0n) is 10.1. The highest BCUT2D eigenvalue weighted by Gasteiger charge is 2.00. The molecule has 0 spiro atoms. The Morgan fingerprint density at radius 1 is 1.07 bits per heavy atom. The molecule has 2 nitrogen and oxygen atoms in total. The molecule has 0 amide bonds. The highest BCUT2D eigenvalue weighted by Crippen LogP contribution is 2.03. The van der Waals surface area contributed by atoms with Crippen molar-refractivity contribution in [3.05, 3.63) is 12.2 Å². The maximum atomic E-state index is 11.2. The number of rotatable bonds is 9. The number of carbonyl (C=O) groups is 1. The molecule has 0 saturated heterocycles. The van der Waals surface area contributed by atoms with Gasteiger partial charge in [0.25, 0.3) is 0 Å². The van der Waals surface area contributed by atoms with Gasteiger partial charge in [-0.3, -0.25) is 4.79 Å². The lowest BCUT2D eigenvalue weighted by Crippen LogP contribution is -2.03. The molecule has 0 aliphatic heterocycles. The average Bonchev–Trinajstić information content (AvgIpc) is 2.24. The Bertz CT molecular complexity index is 173. The fourth-order valence-electron chi connectivity index (χ4n) is 1.26. The zero-order valence-corrected chi connectivity index (χ0v) is 10.1. The van der Waals surface area contributed by atoms with Crippen LogP contribution in [0.25, 0.3) is 0 Å². The van der Waals surface area contributed by atoms with Crippen LogP contribution in [0.4, 0.5) is 0 Å². The molecule has 0 aliphatic rings. The predicted molar refractivity (Wildman–Crippen MR) is 63.8 cm³/mol. The summed E-state index contributed by atoms with van der Waals surface area (Å²) in [5.74, 6) is -0.0627. The molecule has 0 aliphatic carbocycles. The number of ether oxygens (including phenoxy) is 1. The van der Waals surface area contributed by atoms with Crippen LogP contribution in [0.2, 0.25) is 0 Å². The second kappa shape index (κ2) is 11.3. The van der Waals surface area contributed by atoms with Crippen molar-refractivity contribution < 1.29 is 9.53 Å². The summed E-state index contributed by atoms with van der Waals surface area (Å²) in [6, 6.07) is 0. The van der Waals surface area contributed by atoms with E-state index in [0.717, 1.165) is 25.7 Å². The van der Waals surface area contributed by atoms with E-state index < -0.39 is 0 Å². The van der Waals surface area contributed by atoms with Crippen LogP contribution in [0.15, 0.2) is 12.2 Å². The summed E-state index contributed by atoms with van der Waals surface area (Å²) in [7, 11) is 0. The first-order chi connectivity index (χ1) is 7.31. The number of allylic oxidation sites excluding steroid dienone is 1. The van der Waals surface area contributed by atoms with Crippen molar-refractivity contribution in [3.63, 3.8) is 0 Å². The molecule has 88 valence electrons. The van der Waals surface area contributed by atoms with E-state index in [2.05, 4.69) is 19.9 Å². The van der Waals surface area contributed by atoms with Crippen LogP contribution < -0.4 is 0 Å². The van der Waals surface area contributed by atoms with Crippen molar-refractivity contribution in [1.29, 1.82) is 0 Å². The smallest absolute Gasteiger partial charge is 0.306 e. The van der Waals surface area contributed by atoms with Crippen molar-refractivity contribution in [1.82, 2.24) is 0 Å². The lowest BCUT2D eigenvalue weighted by molar-refractivity contribution is -0.142. The van der Waals surface area contributed by atoms with Crippen molar-refractivity contribution in [2.75, 3.05) is 6.61 Å². The molecule has 0 N–H and O–H groups in total. The minimum Gasteiger partial charge on any atom is -0.461 e. The van der Waals surface area contributed by atoms with Crippen molar-refractivity contribution in [2.24, 2.45) is 0 Å². The van der Waals surface area contributed by atoms with Crippen molar-refractivity contribution in [3.8, 4) is 0 Å². The van der Waals surface area contributed by atoms with E-state index in [0.29, 0.717) is 13.0 Å². The second-order valence-electron chi connectivity index (χ2n) is 3.75. The van der Waals surface area contributed by atoms with Crippen LogP contribution in [0, 0.1) is 0 Å². The number of unbranched alkanes of at least 4 members (excludes halogenated alkanes) is 4. The first-order valence-electron chi connectivity index (χ1n) is 6.11. The Kier molecular flexibility index (Phi) is 10.7. The molecule has 0 aromatic carbocycles. The van der Waals surface area contributed by atoms with E-state index in [-0.39, 0.29) is 5.97 Å². The molecule has 0 aromatic heterocycles. The van der Waals surface area contributed by atoms with Gasteiger partial charge in [-0.1, -0.05) is 51.7 Å². The molecule has 0 saturated carbocycles. The average molecular weight is 212 g/mol. The molecule has 0 atom stereocenters. The van der Waals surface area contributed by atoms with E-state index >= 15 is 0 Å². The Morgan fingerprint density at radius 2 is 1.87 bits per heavy atom. The predicted octanol–water partition coefficient (Wildman–Crippen LogP) is 3.86. The fourth-order valence-corrected chi connectivity index (χ4v) is 1.26. The van der Waals surface area contributed by atoms with Gasteiger partial charge in [0.1, 0.15) is 6.61 Å². The van der Waals surface area contributed by atoms with E-state index in [9.17, 15) is 4.79 Å². The maximum absolute atomic E-state index is 11.2. The third-order valence-corrected chi connectivity index (χ3v) is 2.20. The standard InChI is InChI=1S/C13H24O2/c1-3-5-7-9-11-13(14)15-12-10-8-6-4-2/h8,10H,3-7,9,11-12H2,1-2H3. The van der Waals surface area contributed by atoms with Gasteiger partial charge in [0.15, 0.2) is 0 Å². The van der Waals surface area contributed by atoms with Crippen LogP contribution in [0.1, 0.15) is 58.8 Å². The van der Waals surface area contributed by atoms with Gasteiger partial charge in [-0.25, -0.2) is 0 Å². The lowest BCUT2D eigenvalue weighted by Gasteiger charge is -2.01. The van der Waals surface area contributed by atoms with Gasteiger partial charge < -0.3 is 4.74 Å². The number of hydrogen-bond donors (Lipinski definition) is 0. The highest BCUT2D eigenvalue weighted by atomic mass is 16.5. The Hall–Kier alpha value is -0.790. The molecule has 15 heavy (non-hydrogen) atoms. The Morgan fingerprint density at radius 3 is 2.53 bits per heavy atom. The summed E-state index contributed by atoms with van der Waals surface area (Å²) in [4.78, 5) is 11.2. The van der Waals surface area contributed by atoms with Gasteiger partial charge in [-0.2, -0.15) is 0 Å². The van der Waals surface area contributed by atoms with Gasteiger partial charge in [-0.05, 0) is 12.8 Å². The molecular formula is C13H24O2. The van der Waals surface area contributed by atoms with E-state index in [1.807, 2.05) is 6.08 Å². The van der Waals surface area contributed by atoms with Crippen molar-refractivity contribution >= 4 is 5.97 Å². The monoisotopic (exact) mass is 212 g/mol. The molecule has 0 bridgehead atoms. The summed E-state index contributed by atoms with van der Waals surface area (Å²) >= 11 is 0. The second-order valence-corrected chi connectivity index (χ2v) is 3.75. The summed E-state index contributed by atoms with van der Waals surface area (Å²) in [5, 5.41) is 0. The first-order valence-corrected chi connectivity index (χ1v) is 6.11. The van der Waals surface area contributed by atoms with Crippen LogP contribution >= 0.6 is 0 Å². The topological polar surface area (TPSA) is 26.3 Å². The molecule has 0 aromatic rings. The first kappa shape index (κ1) is 14.2. The van der Waals surface area contributed by atoms with Gasteiger partial charge >= 0.3 is 5.97 Å². The van der Waals surface area contributed by atoms with Crippen molar-refractivity contribution in [2.45, 2.75) is 58.8 Å². The molecule has 0 fully saturated rings. The lowest BCUT2D eigenvalue weighted by atomic mass is 10.2. The largest absolute Gasteiger partial charge is 0.461 e. The van der Waals surface area contributed by atoms with E-state index in [1.165, 1.54) is 12.8 Å². The third kappa shape index (κ3) is 11.1. The fraction of sp³-hybridized carbons (Fsp3) is 0.769. The van der Waals surface area contributed by atoms with Crippen LogP contribution in [0.5, 0.6) is 0 Å². The minimum absolute atomic E-state index is 0.0627. The zero-order chi connectivity index (χ0) is 11.4. The molecule has 0 rings (SSSR count). The molecule has 2 heteroatoms. The van der Waals surface area contributed by atoms with Crippen LogP contribution in [0.3, 0.4) is 0 Å². The number of esters is 1. The third-order valence-electron chi connectivity index (χ3n) is 2.20. The molecule has 0 radical (unpaired) electrons. The summed E-state index contributed by atoms with van der Waals surface area (Å²) in [5.41, 5.74) is 0. The Balaban J connectivity index is 3.25. The van der Waals surface area contributed by atoms with Gasteiger partial charge in [0, 0.05) is 6.42 Å². The van der Waals surface area contributed by atoms with Crippen LogP contribution in [-0.4, -0.2) is 12.6 Å². The molecule has 0 heterocycles. The summed E-state index contributed by atoms with van der Waals surface area (Å²) in [6.07, 6.45) is 11.3. The number of carbonyl (C=O) groups excluding carboxylic acids is 1. The Labute approximate surface area is 93.7 Å². The summed E-state index contributed by atoms with van der Waals surface area (Å²) in [6.45, 7) is 4.73. The normalized spacial score (nSPS) is 10.8. The number of hydrogen-bond acceptors (Lipinski definition) is 2. The molecule has 0 unspecified atom stereocenters. The molecular weight excluding hydrogens is 188 g/mol.